The lowest BCUT2D eigenvalue weighted by Gasteiger charge is -2.34. The first-order valence-corrected chi connectivity index (χ1v) is 23.5. The van der Waals surface area contributed by atoms with Gasteiger partial charge in [0.25, 0.3) is 0 Å². The van der Waals surface area contributed by atoms with Gasteiger partial charge in [-0.3, -0.25) is 0 Å². The molecule has 0 bridgehead atoms. The van der Waals surface area contributed by atoms with E-state index in [1.165, 1.54) is 97.1 Å². The van der Waals surface area contributed by atoms with E-state index in [0.29, 0.717) is 11.8 Å². The Bertz CT molecular complexity index is 2050. The molecule has 0 unspecified atom stereocenters. The van der Waals surface area contributed by atoms with Crippen LogP contribution in [-0.2, 0) is 22.3 Å². The summed E-state index contributed by atoms with van der Waals surface area (Å²) in [6.45, 7) is 16.8. The maximum Gasteiger partial charge on any atom is 0.410 e. The van der Waals surface area contributed by atoms with Crippen molar-refractivity contribution in [3.63, 3.8) is 0 Å². The number of benzene rings is 4. The lowest BCUT2D eigenvalue weighted by molar-refractivity contribution is 0.0180. The Hall–Kier alpha value is -3.52. The zero-order valence-corrected chi connectivity index (χ0v) is 40.1. The molecule has 3 aliphatic heterocycles. The Morgan fingerprint density at radius 1 is 0.516 bits per heavy atom. The van der Waals surface area contributed by atoms with Gasteiger partial charge in [0.2, 0.25) is 0 Å². The van der Waals surface area contributed by atoms with Gasteiger partial charge in [0.05, 0.1) is 0 Å². The molecule has 0 atom stereocenters. The minimum absolute atomic E-state index is 0. The fourth-order valence-corrected chi connectivity index (χ4v) is 10.3. The topological polar surface area (TPSA) is 71.1 Å². The molecule has 4 fully saturated rings. The number of likely N-dealkylation sites (tertiary alicyclic amines) is 2. The number of nitrogens with zero attached hydrogens (tertiary/aromatic N) is 2. The average Bonchev–Trinajstić information content (AvgIpc) is 3.24. The van der Waals surface area contributed by atoms with Gasteiger partial charge in [0.15, 0.2) is 0 Å². The Labute approximate surface area is 385 Å². The van der Waals surface area contributed by atoms with Crippen LogP contribution in [0.5, 0.6) is 0 Å². The van der Waals surface area contributed by atoms with Crippen LogP contribution in [0.3, 0.4) is 0 Å². The summed E-state index contributed by atoms with van der Waals surface area (Å²) >= 11 is 0. The van der Waals surface area contributed by atoms with Crippen molar-refractivity contribution in [3.8, 4) is 0 Å². The molecule has 0 spiro atoms. The number of ether oxygens (including phenoxy) is 2. The third-order valence-corrected chi connectivity index (χ3v) is 13.5. The maximum atomic E-state index is 12.5. The number of carbonyl (C=O) groups is 2. The quantitative estimate of drug-likeness (QED) is 0.209. The van der Waals surface area contributed by atoms with E-state index < -0.39 is 11.2 Å². The second-order valence-corrected chi connectivity index (χ2v) is 20.3. The molecule has 4 aromatic rings. The minimum Gasteiger partial charge on any atom is -0.444 e. The Morgan fingerprint density at radius 2 is 0.903 bits per heavy atom. The van der Waals surface area contributed by atoms with Gasteiger partial charge in [-0.05, 0) is 186 Å². The van der Waals surface area contributed by atoms with E-state index in [2.05, 4.69) is 78.1 Å². The van der Waals surface area contributed by atoms with E-state index in [4.69, 9.17) is 9.47 Å². The van der Waals surface area contributed by atoms with Gasteiger partial charge >= 0.3 is 12.2 Å². The summed E-state index contributed by atoms with van der Waals surface area (Å²) < 4.78 is 11.1. The normalized spacial score (nSPS) is 18.6. The zero-order chi connectivity index (χ0) is 42.3. The second kappa shape index (κ2) is 22.4. The molecule has 8 rings (SSSR count). The van der Waals surface area contributed by atoms with Crippen LogP contribution >= 0.6 is 24.8 Å². The van der Waals surface area contributed by atoms with Gasteiger partial charge in [0.1, 0.15) is 11.2 Å². The number of hydrogen-bond acceptors (Lipinski definition) is 5. The van der Waals surface area contributed by atoms with E-state index in [1.807, 2.05) is 51.3 Å². The summed E-state index contributed by atoms with van der Waals surface area (Å²) in [6.07, 6.45) is 15.5. The van der Waals surface area contributed by atoms with Gasteiger partial charge in [-0.1, -0.05) is 92.1 Å². The number of amides is 2. The van der Waals surface area contributed by atoms with Crippen molar-refractivity contribution < 1.29 is 19.1 Å². The third kappa shape index (κ3) is 13.3. The summed E-state index contributed by atoms with van der Waals surface area (Å²) in [6, 6.07) is 27.5. The van der Waals surface area contributed by atoms with Crippen molar-refractivity contribution in [2.45, 2.75) is 148 Å². The number of hydrogen-bond donors (Lipinski definition) is 1. The average molecular weight is 889 g/mol. The van der Waals surface area contributed by atoms with Crippen molar-refractivity contribution >= 4 is 58.5 Å². The molecule has 9 heteroatoms. The Morgan fingerprint density at radius 3 is 1.34 bits per heavy atom. The van der Waals surface area contributed by atoms with E-state index in [-0.39, 0.29) is 37.0 Å². The molecule has 2 amide bonds. The number of fused-ring (bicyclic) bond motifs is 2. The first kappa shape index (κ1) is 49.5. The maximum absolute atomic E-state index is 12.5. The van der Waals surface area contributed by atoms with Gasteiger partial charge < -0.3 is 24.6 Å². The van der Waals surface area contributed by atoms with E-state index in [1.54, 1.807) is 11.1 Å². The van der Waals surface area contributed by atoms with Crippen LogP contribution in [0.15, 0.2) is 72.8 Å². The number of carbonyl (C=O) groups excluding carboxylic acids is 2. The highest BCUT2D eigenvalue weighted by molar-refractivity contribution is 5.90. The lowest BCUT2D eigenvalue weighted by Crippen LogP contribution is -2.42. The van der Waals surface area contributed by atoms with Crippen LogP contribution in [0.25, 0.3) is 21.5 Å². The summed E-state index contributed by atoms with van der Waals surface area (Å²) in [5.74, 6) is 2.65. The van der Waals surface area contributed by atoms with Gasteiger partial charge in [-0.25, -0.2) is 9.59 Å². The Balaban J connectivity index is 0.000000249. The van der Waals surface area contributed by atoms with Gasteiger partial charge in [0, 0.05) is 26.2 Å². The molecule has 0 aromatic heterocycles. The highest BCUT2D eigenvalue weighted by Gasteiger charge is 2.30. The van der Waals surface area contributed by atoms with E-state index >= 15 is 0 Å². The van der Waals surface area contributed by atoms with Crippen molar-refractivity contribution in [3.05, 3.63) is 95.1 Å². The summed E-state index contributed by atoms with van der Waals surface area (Å²) in [5, 5.41) is 9.22. The highest BCUT2D eigenvalue weighted by atomic mass is 35.5. The smallest absolute Gasteiger partial charge is 0.410 e. The summed E-state index contributed by atoms with van der Waals surface area (Å²) in [4.78, 5) is 28.6. The lowest BCUT2D eigenvalue weighted by atomic mass is 9.80. The molecule has 4 aromatic carbocycles. The molecule has 62 heavy (non-hydrogen) atoms. The third-order valence-electron chi connectivity index (χ3n) is 13.5. The fourth-order valence-electron chi connectivity index (χ4n) is 10.3. The van der Waals surface area contributed by atoms with Crippen LogP contribution in [0.2, 0.25) is 0 Å². The van der Waals surface area contributed by atoms with Crippen molar-refractivity contribution in [2.75, 3.05) is 39.3 Å². The molecule has 340 valence electrons. The molecular formula is C53H75Cl2N3O4. The first-order valence-electron chi connectivity index (χ1n) is 23.5. The molecule has 1 saturated carbocycles. The predicted octanol–water partition coefficient (Wildman–Crippen LogP) is 13.4. The molecule has 3 saturated heterocycles. The Kier molecular flexibility index (Phi) is 17.9. The second-order valence-electron chi connectivity index (χ2n) is 20.3. The van der Waals surface area contributed by atoms with E-state index in [9.17, 15) is 9.59 Å². The minimum atomic E-state index is -0.466. The molecule has 3 heterocycles. The van der Waals surface area contributed by atoms with E-state index in [0.717, 1.165) is 70.1 Å². The molecular weight excluding hydrogens is 814 g/mol. The van der Waals surface area contributed by atoms with Crippen LogP contribution in [0.4, 0.5) is 9.59 Å². The predicted molar refractivity (Wildman–Crippen MR) is 262 cm³/mol. The van der Waals surface area contributed by atoms with Crippen molar-refractivity contribution in [1.29, 1.82) is 0 Å². The summed E-state index contributed by atoms with van der Waals surface area (Å²) in [7, 11) is 0. The number of nitrogens with one attached hydrogen (secondary N) is 1. The van der Waals surface area contributed by atoms with Crippen molar-refractivity contribution in [1.82, 2.24) is 15.1 Å². The van der Waals surface area contributed by atoms with Crippen LogP contribution in [0, 0.1) is 11.8 Å². The van der Waals surface area contributed by atoms with Crippen LogP contribution in [0.1, 0.15) is 146 Å². The number of rotatable bonds is 6. The van der Waals surface area contributed by atoms with Gasteiger partial charge in [-0.15, -0.1) is 24.8 Å². The fraction of sp³-hybridized carbons (Fsp3) is 0.585. The molecule has 1 aliphatic carbocycles. The molecule has 7 nitrogen and oxygen atoms in total. The molecule has 0 radical (unpaired) electrons. The summed E-state index contributed by atoms with van der Waals surface area (Å²) in [5.41, 5.74) is 5.05. The number of piperidine rings is 3. The monoisotopic (exact) mass is 888 g/mol. The standard InChI is InChI=1S/C31H44N2O4.C22H29N.2ClH/c1-30(2,3)36-28(34)32-17-13-22(14-18-32)21-24-11-12-26(27-10-8-7-9-25(24)27)23-15-19-33(20-16-23)29(35)37-31(4,5)6;1-2-6-18(7-3-1)21-11-10-19(16-17-12-14-23-15-13-17)20-8-4-5-9-22(20)21;;/h7-12,22-23H,13-21H2,1-6H3;4-5,8-11,17-18,23H,1-3,6-7,12-16H2;2*1H. The highest BCUT2D eigenvalue weighted by Crippen LogP contribution is 2.39. The SMILES string of the molecule is CC(C)(C)OC(=O)N1CCC(Cc2ccc(C3CCN(C(=O)OC(C)(C)C)CC3)c3ccccc23)CC1.Cl.Cl.c1ccc2c(C3CCCCC3)ccc(CC3CCNCC3)c2c1. The molecule has 4 aliphatic rings. The van der Waals surface area contributed by atoms with Gasteiger partial charge in [-0.2, -0.15) is 0 Å². The van der Waals surface area contributed by atoms with Crippen LogP contribution < -0.4 is 5.32 Å². The largest absolute Gasteiger partial charge is 0.444 e. The molecule has 1 N–H and O–H groups in total. The van der Waals surface area contributed by atoms with Crippen molar-refractivity contribution in [2.24, 2.45) is 11.8 Å². The first-order chi connectivity index (χ1) is 28.8. The van der Waals surface area contributed by atoms with Crippen LogP contribution in [-0.4, -0.2) is 72.5 Å². The zero-order valence-electron chi connectivity index (χ0n) is 38.5. The number of halogens is 2.